The molecule has 0 saturated heterocycles. The van der Waals surface area contributed by atoms with E-state index in [1.807, 2.05) is 0 Å². The van der Waals surface area contributed by atoms with Crippen molar-refractivity contribution in [2.45, 2.75) is 6.42 Å². The zero-order valence-corrected chi connectivity index (χ0v) is 6.43. The van der Waals surface area contributed by atoms with Crippen LogP contribution in [-0.4, -0.2) is 9.91 Å². The van der Waals surface area contributed by atoms with Crippen molar-refractivity contribution in [3.8, 4) is 0 Å². The molecule has 4 nitrogen and oxygen atoms in total. The summed E-state index contributed by atoms with van der Waals surface area (Å²) in [4.78, 5) is 13.6. The Balaban J connectivity index is 2.85. The Hall–Kier alpha value is -1.71. The van der Waals surface area contributed by atoms with Crippen molar-refractivity contribution >= 4 is 5.69 Å². The molecule has 0 aromatic carbocycles. The Labute approximate surface area is 69.7 Å². The van der Waals surface area contributed by atoms with E-state index in [9.17, 15) is 10.1 Å². The molecule has 0 bridgehead atoms. The maximum Gasteiger partial charge on any atom is 0.287 e. The molecule has 0 saturated carbocycles. The normalized spacial score (nSPS) is 9.33. The van der Waals surface area contributed by atoms with Gasteiger partial charge in [0.05, 0.1) is 4.92 Å². The highest BCUT2D eigenvalue weighted by atomic mass is 16.6. The van der Waals surface area contributed by atoms with Gasteiger partial charge >= 0.3 is 0 Å². The number of aromatic nitrogens is 1. The minimum Gasteiger partial charge on any atom is -0.258 e. The van der Waals surface area contributed by atoms with Crippen LogP contribution in [0.2, 0.25) is 0 Å². The summed E-state index contributed by atoms with van der Waals surface area (Å²) in [5.74, 6) is 0. The SMILES string of the molecule is C=CCc1ccc([N+](=O)[O-])cn1. The molecule has 0 aliphatic heterocycles. The van der Waals surface area contributed by atoms with Gasteiger partial charge in [-0.1, -0.05) is 6.08 Å². The second kappa shape index (κ2) is 3.61. The van der Waals surface area contributed by atoms with Crippen LogP contribution in [0.3, 0.4) is 0 Å². The van der Waals surface area contributed by atoms with Gasteiger partial charge in [-0.05, 0) is 6.07 Å². The fourth-order valence-electron chi connectivity index (χ4n) is 0.793. The zero-order chi connectivity index (χ0) is 8.97. The lowest BCUT2D eigenvalue weighted by molar-refractivity contribution is -0.385. The smallest absolute Gasteiger partial charge is 0.258 e. The molecule has 1 aromatic rings. The first kappa shape index (κ1) is 8.39. The average Bonchev–Trinajstić information content (AvgIpc) is 2.06. The minimum absolute atomic E-state index is 0.0165. The Morgan fingerprint density at radius 1 is 1.67 bits per heavy atom. The van der Waals surface area contributed by atoms with E-state index in [0.29, 0.717) is 6.42 Å². The summed E-state index contributed by atoms with van der Waals surface area (Å²) in [6, 6.07) is 3.06. The maximum atomic E-state index is 10.2. The van der Waals surface area contributed by atoms with E-state index < -0.39 is 4.92 Å². The third-order valence-electron chi connectivity index (χ3n) is 1.37. The molecule has 1 heterocycles. The molecule has 0 atom stereocenters. The van der Waals surface area contributed by atoms with E-state index >= 15 is 0 Å². The predicted octanol–water partition coefficient (Wildman–Crippen LogP) is 1.72. The lowest BCUT2D eigenvalue weighted by Gasteiger charge is -1.93. The average molecular weight is 164 g/mol. The number of hydrogen-bond acceptors (Lipinski definition) is 3. The Bertz CT molecular complexity index is 292. The molecule has 0 fully saturated rings. The Kier molecular flexibility index (Phi) is 2.53. The van der Waals surface area contributed by atoms with Crippen molar-refractivity contribution < 1.29 is 4.92 Å². The van der Waals surface area contributed by atoms with Crippen molar-refractivity contribution in [3.05, 3.63) is 46.8 Å². The van der Waals surface area contributed by atoms with E-state index in [0.717, 1.165) is 5.69 Å². The first-order chi connectivity index (χ1) is 5.74. The van der Waals surface area contributed by atoms with Gasteiger partial charge in [0.2, 0.25) is 0 Å². The highest BCUT2D eigenvalue weighted by Crippen LogP contribution is 2.08. The second-order valence-corrected chi connectivity index (χ2v) is 2.26. The van der Waals surface area contributed by atoms with Crippen molar-refractivity contribution in [1.29, 1.82) is 0 Å². The largest absolute Gasteiger partial charge is 0.287 e. The van der Waals surface area contributed by atoms with Crippen LogP contribution < -0.4 is 0 Å². The van der Waals surface area contributed by atoms with Gasteiger partial charge in [-0.2, -0.15) is 0 Å². The van der Waals surface area contributed by atoms with Crippen molar-refractivity contribution in [2.75, 3.05) is 0 Å². The summed E-state index contributed by atoms with van der Waals surface area (Å²) in [5.41, 5.74) is 0.804. The number of allylic oxidation sites excluding steroid dienone is 1. The number of nitrogens with zero attached hydrogens (tertiary/aromatic N) is 2. The van der Waals surface area contributed by atoms with Crippen LogP contribution in [0.1, 0.15) is 5.69 Å². The monoisotopic (exact) mass is 164 g/mol. The molecule has 0 aliphatic carbocycles. The molecule has 0 N–H and O–H groups in total. The molecule has 0 radical (unpaired) electrons. The fraction of sp³-hybridized carbons (Fsp3) is 0.125. The molecular formula is C8H8N2O2. The maximum absolute atomic E-state index is 10.2. The summed E-state index contributed by atoms with van der Waals surface area (Å²) in [6.07, 6.45) is 3.59. The van der Waals surface area contributed by atoms with Gasteiger partial charge in [0.1, 0.15) is 6.20 Å². The first-order valence-electron chi connectivity index (χ1n) is 3.44. The summed E-state index contributed by atoms with van der Waals surface area (Å²) in [7, 11) is 0. The molecule has 0 amide bonds. The van der Waals surface area contributed by atoms with Crippen LogP contribution in [0.4, 0.5) is 5.69 Å². The third-order valence-corrected chi connectivity index (χ3v) is 1.37. The Morgan fingerprint density at radius 3 is 2.83 bits per heavy atom. The summed E-state index contributed by atoms with van der Waals surface area (Å²) in [6.45, 7) is 3.54. The molecular weight excluding hydrogens is 156 g/mol. The molecule has 0 unspecified atom stereocenters. The van der Waals surface area contributed by atoms with Crippen molar-refractivity contribution in [2.24, 2.45) is 0 Å². The van der Waals surface area contributed by atoms with Gasteiger partial charge in [0.15, 0.2) is 0 Å². The van der Waals surface area contributed by atoms with Crippen LogP contribution in [0.5, 0.6) is 0 Å². The van der Waals surface area contributed by atoms with Crippen LogP contribution in [0.15, 0.2) is 31.0 Å². The molecule has 1 aromatic heterocycles. The quantitative estimate of drug-likeness (QED) is 0.388. The highest BCUT2D eigenvalue weighted by molar-refractivity contribution is 5.27. The molecule has 12 heavy (non-hydrogen) atoms. The van der Waals surface area contributed by atoms with E-state index in [2.05, 4.69) is 11.6 Å². The standard InChI is InChI=1S/C8H8N2O2/c1-2-3-7-4-5-8(6-9-7)10(11)12/h2,4-6H,1,3H2. The van der Waals surface area contributed by atoms with E-state index in [4.69, 9.17) is 0 Å². The van der Waals surface area contributed by atoms with Gasteiger partial charge in [-0.3, -0.25) is 15.1 Å². The molecule has 0 spiro atoms. The number of hydrogen-bond donors (Lipinski definition) is 0. The van der Waals surface area contributed by atoms with Gasteiger partial charge in [-0.25, -0.2) is 0 Å². The predicted molar refractivity (Wildman–Crippen MR) is 44.8 cm³/mol. The molecule has 1 rings (SSSR count). The van der Waals surface area contributed by atoms with Crippen molar-refractivity contribution in [3.63, 3.8) is 0 Å². The zero-order valence-electron chi connectivity index (χ0n) is 6.43. The highest BCUT2D eigenvalue weighted by Gasteiger charge is 2.03. The lowest BCUT2D eigenvalue weighted by atomic mass is 10.2. The summed E-state index contributed by atoms with van der Waals surface area (Å²) >= 11 is 0. The van der Waals surface area contributed by atoms with Gasteiger partial charge in [0.25, 0.3) is 5.69 Å². The van der Waals surface area contributed by atoms with Gasteiger partial charge in [-0.15, -0.1) is 6.58 Å². The van der Waals surface area contributed by atoms with E-state index in [1.54, 1.807) is 12.1 Å². The van der Waals surface area contributed by atoms with Crippen LogP contribution >= 0.6 is 0 Å². The van der Waals surface area contributed by atoms with Crippen molar-refractivity contribution in [1.82, 2.24) is 4.98 Å². The van der Waals surface area contributed by atoms with Gasteiger partial charge in [0, 0.05) is 18.2 Å². The topological polar surface area (TPSA) is 56.0 Å². The first-order valence-corrected chi connectivity index (χ1v) is 3.44. The van der Waals surface area contributed by atoms with E-state index in [1.165, 1.54) is 12.3 Å². The van der Waals surface area contributed by atoms with Crippen LogP contribution in [0, 0.1) is 10.1 Å². The molecule has 0 aliphatic rings. The number of rotatable bonds is 3. The summed E-state index contributed by atoms with van der Waals surface area (Å²) in [5, 5.41) is 10.2. The van der Waals surface area contributed by atoms with E-state index in [-0.39, 0.29) is 5.69 Å². The lowest BCUT2D eigenvalue weighted by Crippen LogP contribution is -1.91. The number of nitro groups is 1. The van der Waals surface area contributed by atoms with Crippen LogP contribution in [-0.2, 0) is 6.42 Å². The second-order valence-electron chi connectivity index (χ2n) is 2.26. The minimum atomic E-state index is -0.468. The Morgan fingerprint density at radius 2 is 2.42 bits per heavy atom. The number of pyridine rings is 1. The molecule has 62 valence electrons. The van der Waals surface area contributed by atoms with Crippen LogP contribution in [0.25, 0.3) is 0 Å². The third kappa shape index (κ3) is 1.88. The summed E-state index contributed by atoms with van der Waals surface area (Å²) < 4.78 is 0. The fourth-order valence-corrected chi connectivity index (χ4v) is 0.793. The van der Waals surface area contributed by atoms with Gasteiger partial charge < -0.3 is 0 Å². The molecule has 4 heteroatoms.